The van der Waals surface area contributed by atoms with Crippen LogP contribution in [-0.4, -0.2) is 21.1 Å². The molecule has 0 fully saturated rings. The highest BCUT2D eigenvalue weighted by atomic mass is 16.3. The first-order chi connectivity index (χ1) is 10.1. The molecular formula is C17H10O4. The Labute approximate surface area is 119 Å². The number of aromatic hydroxyl groups is 3. The molecule has 3 aromatic rings. The summed E-state index contributed by atoms with van der Waals surface area (Å²) in [5.41, 5.74) is 1.40. The summed E-state index contributed by atoms with van der Waals surface area (Å²) < 4.78 is 0. The van der Waals surface area contributed by atoms with Gasteiger partial charge in [-0.3, -0.25) is 4.79 Å². The lowest BCUT2D eigenvalue weighted by Crippen LogP contribution is -1.96. The van der Waals surface area contributed by atoms with Gasteiger partial charge in [0.1, 0.15) is 17.2 Å². The van der Waals surface area contributed by atoms with Crippen molar-refractivity contribution in [3.05, 3.63) is 53.6 Å². The number of hydrogen-bond donors (Lipinski definition) is 3. The van der Waals surface area contributed by atoms with Crippen LogP contribution >= 0.6 is 0 Å². The van der Waals surface area contributed by atoms with E-state index in [-0.39, 0.29) is 34.0 Å². The molecule has 0 spiro atoms. The molecule has 0 heterocycles. The van der Waals surface area contributed by atoms with Crippen molar-refractivity contribution < 1.29 is 20.1 Å². The van der Waals surface area contributed by atoms with Crippen LogP contribution in [0.3, 0.4) is 0 Å². The third-order valence-corrected chi connectivity index (χ3v) is 3.93. The lowest BCUT2D eigenvalue weighted by atomic mass is 9.98. The Hall–Kier alpha value is -3.01. The smallest absolute Gasteiger partial charge is 0.198 e. The van der Waals surface area contributed by atoms with Gasteiger partial charge in [-0.05, 0) is 11.6 Å². The molecule has 0 unspecified atom stereocenters. The summed E-state index contributed by atoms with van der Waals surface area (Å²) in [7, 11) is 0. The van der Waals surface area contributed by atoms with E-state index >= 15 is 0 Å². The van der Waals surface area contributed by atoms with Crippen LogP contribution in [0.5, 0.6) is 17.2 Å². The Morgan fingerprint density at radius 3 is 2.19 bits per heavy atom. The zero-order valence-corrected chi connectivity index (χ0v) is 10.8. The van der Waals surface area contributed by atoms with Gasteiger partial charge in [0.25, 0.3) is 0 Å². The van der Waals surface area contributed by atoms with Crippen LogP contribution in [0, 0.1) is 0 Å². The first-order valence-corrected chi connectivity index (χ1v) is 6.45. The highest BCUT2D eigenvalue weighted by molar-refractivity contribution is 6.27. The fraction of sp³-hybridized carbons (Fsp3) is 0. The van der Waals surface area contributed by atoms with Gasteiger partial charge < -0.3 is 15.3 Å². The van der Waals surface area contributed by atoms with E-state index < -0.39 is 0 Å². The predicted octanol–water partition coefficient (Wildman–Crippen LogP) is 3.17. The molecule has 0 radical (unpaired) electrons. The van der Waals surface area contributed by atoms with Gasteiger partial charge in [-0.1, -0.05) is 36.4 Å². The summed E-state index contributed by atoms with van der Waals surface area (Å²) in [6.07, 6.45) is 0. The Bertz CT molecular complexity index is 941. The van der Waals surface area contributed by atoms with Crippen molar-refractivity contribution in [3.63, 3.8) is 0 Å². The number of carbonyl (C=O) groups excluding carboxylic acids is 1. The van der Waals surface area contributed by atoms with E-state index in [2.05, 4.69) is 0 Å². The molecule has 0 amide bonds. The van der Waals surface area contributed by atoms with Gasteiger partial charge in [0.15, 0.2) is 5.78 Å². The molecule has 0 aliphatic heterocycles. The highest BCUT2D eigenvalue weighted by Gasteiger charge is 2.34. The van der Waals surface area contributed by atoms with Gasteiger partial charge in [0.2, 0.25) is 0 Å². The molecule has 0 bridgehead atoms. The molecule has 4 heteroatoms. The second-order valence-electron chi connectivity index (χ2n) is 5.02. The lowest BCUT2D eigenvalue weighted by molar-refractivity contribution is 0.104. The molecule has 4 nitrogen and oxygen atoms in total. The Morgan fingerprint density at radius 2 is 1.43 bits per heavy atom. The molecule has 0 saturated carbocycles. The van der Waals surface area contributed by atoms with Gasteiger partial charge >= 0.3 is 0 Å². The number of carbonyl (C=O) groups is 1. The zero-order chi connectivity index (χ0) is 14.7. The number of benzene rings is 3. The maximum Gasteiger partial charge on any atom is 0.198 e. The number of fused-ring (bicyclic) bond motifs is 4. The van der Waals surface area contributed by atoms with Crippen LogP contribution < -0.4 is 0 Å². The van der Waals surface area contributed by atoms with Crippen molar-refractivity contribution in [2.24, 2.45) is 0 Å². The van der Waals surface area contributed by atoms with Crippen molar-refractivity contribution >= 4 is 16.6 Å². The van der Waals surface area contributed by atoms with Gasteiger partial charge in [-0.15, -0.1) is 0 Å². The summed E-state index contributed by atoms with van der Waals surface area (Å²) >= 11 is 0. The van der Waals surface area contributed by atoms with Gasteiger partial charge in [-0.2, -0.15) is 0 Å². The fourth-order valence-electron chi connectivity index (χ4n) is 3.00. The first-order valence-electron chi connectivity index (χ1n) is 6.45. The van der Waals surface area contributed by atoms with E-state index in [0.29, 0.717) is 22.1 Å². The molecule has 0 saturated heterocycles. The van der Waals surface area contributed by atoms with E-state index in [0.717, 1.165) is 0 Å². The Kier molecular flexibility index (Phi) is 2.11. The highest BCUT2D eigenvalue weighted by Crippen LogP contribution is 2.52. The summed E-state index contributed by atoms with van der Waals surface area (Å²) in [4.78, 5) is 12.5. The topological polar surface area (TPSA) is 77.8 Å². The minimum absolute atomic E-state index is 0.0442. The molecule has 0 aromatic heterocycles. The van der Waals surface area contributed by atoms with Crippen LogP contribution in [0.25, 0.3) is 21.9 Å². The number of ketones is 1. The largest absolute Gasteiger partial charge is 0.507 e. The second-order valence-corrected chi connectivity index (χ2v) is 5.02. The van der Waals surface area contributed by atoms with E-state index in [1.54, 1.807) is 36.4 Å². The molecule has 102 valence electrons. The standard InChI is InChI=1S/C17H10O4/c18-11-7-3-6-10-12(11)17(21)14-13(16(10)20)8-4-1-2-5-9(8)15(14)19/h1-7,18,20-21H/i15+1. The summed E-state index contributed by atoms with van der Waals surface area (Å²) in [6.45, 7) is 0. The molecular weight excluding hydrogens is 269 g/mol. The van der Waals surface area contributed by atoms with E-state index in [9.17, 15) is 20.1 Å². The number of phenols is 3. The van der Waals surface area contributed by atoms with Crippen LogP contribution in [0.1, 0.15) is 15.9 Å². The number of hydrogen-bond acceptors (Lipinski definition) is 4. The average Bonchev–Trinajstić information content (AvgIpc) is 2.79. The molecule has 4 rings (SSSR count). The van der Waals surface area contributed by atoms with Crippen molar-refractivity contribution in [1.29, 1.82) is 0 Å². The number of rotatable bonds is 0. The predicted molar refractivity (Wildman–Crippen MR) is 77.8 cm³/mol. The second kappa shape index (κ2) is 3.76. The SMILES string of the molecule is O=[13C]1c2ccccc2-c2c1c(O)c1c(O)cccc1c2O. The molecule has 3 N–H and O–H groups in total. The Morgan fingerprint density at radius 1 is 0.714 bits per heavy atom. The number of phenolic OH excluding ortho intramolecular Hbond substituents is 3. The molecule has 1 aliphatic carbocycles. The lowest BCUT2D eigenvalue weighted by Gasteiger charge is -2.11. The maximum atomic E-state index is 12.5. The third kappa shape index (κ3) is 1.31. The van der Waals surface area contributed by atoms with Crippen LogP contribution in [0.15, 0.2) is 42.5 Å². The van der Waals surface area contributed by atoms with Crippen LogP contribution in [-0.2, 0) is 0 Å². The molecule has 21 heavy (non-hydrogen) atoms. The molecule has 1 aliphatic rings. The molecule has 0 atom stereocenters. The zero-order valence-electron chi connectivity index (χ0n) is 10.8. The minimum atomic E-state index is -0.349. The summed E-state index contributed by atoms with van der Waals surface area (Å²) in [6, 6.07) is 11.5. The van der Waals surface area contributed by atoms with Crippen molar-refractivity contribution in [2.45, 2.75) is 0 Å². The van der Waals surface area contributed by atoms with E-state index in [1.807, 2.05) is 0 Å². The van der Waals surface area contributed by atoms with E-state index in [1.165, 1.54) is 6.07 Å². The first kappa shape index (κ1) is 11.8. The van der Waals surface area contributed by atoms with Gasteiger partial charge in [0, 0.05) is 16.5 Å². The monoisotopic (exact) mass is 279 g/mol. The van der Waals surface area contributed by atoms with Gasteiger partial charge in [0.05, 0.1) is 10.9 Å². The maximum absolute atomic E-state index is 12.5. The van der Waals surface area contributed by atoms with Crippen molar-refractivity contribution in [3.8, 4) is 28.4 Å². The summed E-state index contributed by atoms with van der Waals surface area (Å²) in [5, 5.41) is 31.3. The Balaban J connectivity index is 2.27. The van der Waals surface area contributed by atoms with Gasteiger partial charge in [-0.25, -0.2) is 0 Å². The quantitative estimate of drug-likeness (QED) is 0.341. The minimum Gasteiger partial charge on any atom is -0.507 e. The molecule has 3 aromatic carbocycles. The van der Waals surface area contributed by atoms with Crippen LogP contribution in [0.2, 0.25) is 0 Å². The average molecular weight is 279 g/mol. The fourth-order valence-corrected chi connectivity index (χ4v) is 3.00. The third-order valence-electron chi connectivity index (χ3n) is 3.93. The summed E-state index contributed by atoms with van der Waals surface area (Å²) in [5.74, 6) is -0.922. The van der Waals surface area contributed by atoms with Crippen molar-refractivity contribution in [1.82, 2.24) is 0 Å². The van der Waals surface area contributed by atoms with Crippen molar-refractivity contribution in [2.75, 3.05) is 0 Å². The van der Waals surface area contributed by atoms with Crippen LogP contribution in [0.4, 0.5) is 0 Å². The van der Waals surface area contributed by atoms with E-state index in [4.69, 9.17) is 0 Å². The normalized spacial score (nSPS) is 12.5.